The second-order valence-electron chi connectivity index (χ2n) is 5.86. The van der Waals surface area contributed by atoms with Crippen LogP contribution in [0.2, 0.25) is 0 Å². The van der Waals surface area contributed by atoms with Crippen LogP contribution in [0.25, 0.3) is 0 Å². The molecular formula is C12H21N5O2. The molecule has 1 unspecified atom stereocenters. The van der Waals surface area contributed by atoms with Crippen molar-refractivity contribution in [3.63, 3.8) is 0 Å². The van der Waals surface area contributed by atoms with Crippen molar-refractivity contribution in [1.82, 2.24) is 25.6 Å². The summed E-state index contributed by atoms with van der Waals surface area (Å²) in [6.07, 6.45) is 2.02. The standard InChI is InChI=1S/C12H21N5O2/c1-11(2,3)19-10(18)15-12(5-6-13-8-12)9-7-14-17(4)16-9/h7,13H,5-6,8H2,1-4H3,(H,15,18). The van der Waals surface area contributed by atoms with Crippen LogP contribution in [0.5, 0.6) is 0 Å². The third kappa shape index (κ3) is 3.23. The highest BCUT2D eigenvalue weighted by Gasteiger charge is 2.40. The number of nitrogens with zero attached hydrogens (tertiary/aromatic N) is 3. The van der Waals surface area contributed by atoms with Crippen LogP contribution in [0.15, 0.2) is 6.20 Å². The molecule has 1 aliphatic heterocycles. The molecule has 1 fully saturated rings. The van der Waals surface area contributed by atoms with Crippen LogP contribution >= 0.6 is 0 Å². The first-order valence-electron chi connectivity index (χ1n) is 6.39. The van der Waals surface area contributed by atoms with Crippen molar-refractivity contribution >= 4 is 6.09 Å². The van der Waals surface area contributed by atoms with E-state index in [4.69, 9.17) is 4.74 Å². The Hall–Kier alpha value is -1.63. The molecular weight excluding hydrogens is 246 g/mol. The predicted octanol–water partition coefficient (Wildman–Crippen LogP) is 0.528. The van der Waals surface area contributed by atoms with Crippen molar-refractivity contribution in [2.75, 3.05) is 13.1 Å². The molecule has 0 aliphatic carbocycles. The largest absolute Gasteiger partial charge is 0.444 e. The molecule has 106 valence electrons. The van der Waals surface area contributed by atoms with Gasteiger partial charge in [-0.3, -0.25) is 0 Å². The Kier molecular flexibility index (Phi) is 3.49. The summed E-state index contributed by atoms with van der Waals surface area (Å²) >= 11 is 0. The fourth-order valence-corrected chi connectivity index (χ4v) is 2.15. The second kappa shape index (κ2) is 4.80. The molecule has 2 heterocycles. The maximum atomic E-state index is 12.0. The number of aromatic nitrogens is 3. The van der Waals surface area contributed by atoms with E-state index in [2.05, 4.69) is 20.8 Å². The number of aryl methyl sites for hydroxylation is 1. The molecule has 0 radical (unpaired) electrons. The molecule has 0 bridgehead atoms. The van der Waals surface area contributed by atoms with E-state index in [0.717, 1.165) is 18.7 Å². The number of rotatable bonds is 2. The molecule has 0 spiro atoms. The van der Waals surface area contributed by atoms with Gasteiger partial charge < -0.3 is 15.4 Å². The van der Waals surface area contributed by atoms with E-state index in [0.29, 0.717) is 6.54 Å². The molecule has 1 saturated heterocycles. The highest BCUT2D eigenvalue weighted by Crippen LogP contribution is 2.26. The molecule has 1 aromatic heterocycles. The maximum Gasteiger partial charge on any atom is 0.408 e. The average molecular weight is 267 g/mol. The van der Waals surface area contributed by atoms with Crippen LogP contribution in [-0.4, -0.2) is 39.8 Å². The zero-order chi connectivity index (χ0) is 14.1. The molecule has 2 N–H and O–H groups in total. The molecule has 1 amide bonds. The van der Waals surface area contributed by atoms with Crippen molar-refractivity contribution in [3.05, 3.63) is 11.9 Å². The number of nitrogens with one attached hydrogen (secondary N) is 2. The van der Waals surface area contributed by atoms with E-state index in [1.807, 2.05) is 20.8 Å². The SMILES string of the molecule is Cn1ncc(C2(NC(=O)OC(C)(C)C)CCNC2)n1. The van der Waals surface area contributed by atoms with Crippen molar-refractivity contribution in [2.24, 2.45) is 7.05 Å². The van der Waals surface area contributed by atoms with E-state index in [9.17, 15) is 4.79 Å². The molecule has 0 aromatic carbocycles. The Morgan fingerprint density at radius 2 is 2.32 bits per heavy atom. The number of alkyl carbamates (subject to hydrolysis) is 1. The highest BCUT2D eigenvalue weighted by atomic mass is 16.6. The molecule has 1 aromatic rings. The Bertz CT molecular complexity index is 457. The lowest BCUT2D eigenvalue weighted by atomic mass is 9.95. The first-order valence-corrected chi connectivity index (χ1v) is 6.39. The number of ether oxygens (including phenoxy) is 1. The lowest BCUT2D eigenvalue weighted by Crippen LogP contribution is -2.49. The summed E-state index contributed by atoms with van der Waals surface area (Å²) < 4.78 is 5.32. The lowest BCUT2D eigenvalue weighted by Gasteiger charge is -2.29. The molecule has 1 aliphatic rings. The van der Waals surface area contributed by atoms with Gasteiger partial charge in [-0.15, -0.1) is 0 Å². The molecule has 2 rings (SSSR count). The average Bonchev–Trinajstić information content (AvgIpc) is 2.84. The maximum absolute atomic E-state index is 12.0. The molecule has 0 saturated carbocycles. The number of hydrogen-bond donors (Lipinski definition) is 2. The summed E-state index contributed by atoms with van der Waals surface area (Å²) in [4.78, 5) is 13.5. The van der Waals surface area contributed by atoms with Crippen LogP contribution in [0.3, 0.4) is 0 Å². The van der Waals surface area contributed by atoms with E-state index in [-0.39, 0.29) is 0 Å². The first-order chi connectivity index (χ1) is 8.81. The van der Waals surface area contributed by atoms with E-state index < -0.39 is 17.2 Å². The van der Waals surface area contributed by atoms with Crippen molar-refractivity contribution in [1.29, 1.82) is 0 Å². The van der Waals surface area contributed by atoms with Crippen molar-refractivity contribution < 1.29 is 9.53 Å². The Morgan fingerprint density at radius 3 is 2.79 bits per heavy atom. The number of carbonyl (C=O) groups excluding carboxylic acids is 1. The smallest absolute Gasteiger partial charge is 0.408 e. The molecule has 7 heteroatoms. The van der Waals surface area contributed by atoms with Crippen molar-refractivity contribution in [3.8, 4) is 0 Å². The molecule has 1 atom stereocenters. The summed E-state index contributed by atoms with van der Waals surface area (Å²) in [6, 6.07) is 0. The zero-order valence-corrected chi connectivity index (χ0v) is 11.9. The fourth-order valence-electron chi connectivity index (χ4n) is 2.15. The van der Waals surface area contributed by atoms with Gasteiger partial charge in [0.2, 0.25) is 0 Å². The van der Waals surface area contributed by atoms with Gasteiger partial charge in [0.1, 0.15) is 16.8 Å². The Morgan fingerprint density at radius 1 is 1.58 bits per heavy atom. The van der Waals surface area contributed by atoms with Crippen LogP contribution < -0.4 is 10.6 Å². The Labute approximate surface area is 112 Å². The summed E-state index contributed by atoms with van der Waals surface area (Å²) in [5.41, 5.74) is -0.290. The first kappa shape index (κ1) is 13.8. The third-order valence-electron chi connectivity index (χ3n) is 2.99. The second-order valence-corrected chi connectivity index (χ2v) is 5.86. The van der Waals surface area contributed by atoms with Gasteiger partial charge in [-0.05, 0) is 33.7 Å². The Balaban J connectivity index is 2.15. The summed E-state index contributed by atoms with van der Waals surface area (Å²) in [7, 11) is 1.76. The van der Waals surface area contributed by atoms with Gasteiger partial charge in [0.05, 0.1) is 6.20 Å². The lowest BCUT2D eigenvalue weighted by molar-refractivity contribution is 0.0458. The quantitative estimate of drug-likeness (QED) is 0.817. The van der Waals surface area contributed by atoms with Crippen LogP contribution in [0.4, 0.5) is 4.79 Å². The normalized spacial score (nSPS) is 23.4. The monoisotopic (exact) mass is 267 g/mol. The van der Waals surface area contributed by atoms with Gasteiger partial charge in [0, 0.05) is 13.6 Å². The third-order valence-corrected chi connectivity index (χ3v) is 2.99. The number of amides is 1. The summed E-state index contributed by atoms with van der Waals surface area (Å²) in [6.45, 7) is 6.98. The minimum atomic E-state index is -0.531. The van der Waals surface area contributed by atoms with Crippen LogP contribution in [0.1, 0.15) is 32.9 Å². The minimum Gasteiger partial charge on any atom is -0.444 e. The minimum absolute atomic E-state index is 0.429. The van der Waals surface area contributed by atoms with E-state index >= 15 is 0 Å². The van der Waals surface area contributed by atoms with E-state index in [1.165, 1.54) is 4.80 Å². The van der Waals surface area contributed by atoms with Crippen molar-refractivity contribution in [2.45, 2.75) is 38.3 Å². The van der Waals surface area contributed by atoms with Gasteiger partial charge in [0.25, 0.3) is 0 Å². The van der Waals surface area contributed by atoms with Crippen LogP contribution in [0, 0.1) is 0 Å². The fraction of sp³-hybridized carbons (Fsp3) is 0.750. The molecule has 19 heavy (non-hydrogen) atoms. The number of carbonyl (C=O) groups is 1. The van der Waals surface area contributed by atoms with E-state index in [1.54, 1.807) is 13.2 Å². The van der Waals surface area contributed by atoms with Gasteiger partial charge in [-0.1, -0.05) is 0 Å². The predicted molar refractivity (Wildman–Crippen MR) is 69.5 cm³/mol. The summed E-state index contributed by atoms with van der Waals surface area (Å²) in [5.74, 6) is 0. The molecule has 7 nitrogen and oxygen atoms in total. The van der Waals surface area contributed by atoms with Gasteiger partial charge in [-0.2, -0.15) is 15.0 Å². The topological polar surface area (TPSA) is 81.1 Å². The zero-order valence-electron chi connectivity index (χ0n) is 11.9. The van der Waals surface area contributed by atoms with Gasteiger partial charge in [-0.25, -0.2) is 4.79 Å². The van der Waals surface area contributed by atoms with Gasteiger partial charge in [0.15, 0.2) is 0 Å². The van der Waals surface area contributed by atoms with Gasteiger partial charge >= 0.3 is 6.09 Å². The summed E-state index contributed by atoms with van der Waals surface area (Å²) in [5, 5.41) is 14.6. The van der Waals surface area contributed by atoms with Crippen LogP contribution in [-0.2, 0) is 17.3 Å². The number of hydrogen-bond acceptors (Lipinski definition) is 5. The highest BCUT2D eigenvalue weighted by molar-refractivity contribution is 5.69.